The Bertz CT molecular complexity index is 367. The molecule has 0 saturated heterocycles. The summed E-state index contributed by atoms with van der Waals surface area (Å²) >= 11 is 0. The number of imidazole rings is 1. The number of aromatic nitrogens is 2. The molecule has 4 heteroatoms. The zero-order valence-electron chi connectivity index (χ0n) is 7.90. The molecule has 0 unspecified atom stereocenters. The third-order valence-corrected chi connectivity index (χ3v) is 1.89. The number of hydrogen-bond acceptors (Lipinski definition) is 2. The minimum atomic E-state index is -0.0368. The van der Waals surface area contributed by atoms with Gasteiger partial charge in [-0.15, -0.1) is 0 Å². The maximum Gasteiger partial charge on any atom is 0.328 e. The minimum Gasteiger partial charge on any atom is -0.298 e. The Kier molecular flexibility index (Phi) is 2.91. The van der Waals surface area contributed by atoms with Gasteiger partial charge in [0, 0.05) is 25.0 Å². The lowest BCUT2D eigenvalue weighted by atomic mass is 10.4. The topological polar surface area (TPSA) is 50.7 Å². The monoisotopic (exact) mass is 179 g/mol. The molecule has 70 valence electrons. The van der Waals surface area contributed by atoms with E-state index in [1.807, 2.05) is 19.9 Å². The second-order valence-corrected chi connectivity index (χ2v) is 3.18. The fraction of sp³-hybridized carbons (Fsp3) is 0.556. The zero-order chi connectivity index (χ0) is 9.84. The van der Waals surface area contributed by atoms with Crippen molar-refractivity contribution in [2.45, 2.75) is 32.9 Å². The van der Waals surface area contributed by atoms with Gasteiger partial charge in [0.1, 0.15) is 0 Å². The standard InChI is InChI=1S/C9H13N3O/c1-8(2)12-7-6-11(9(12)13)5-3-4-10/h6-8H,3,5H2,1-2H3. The van der Waals surface area contributed by atoms with Crippen LogP contribution in [0.5, 0.6) is 0 Å². The van der Waals surface area contributed by atoms with E-state index < -0.39 is 0 Å². The summed E-state index contributed by atoms with van der Waals surface area (Å²) in [4.78, 5) is 11.5. The van der Waals surface area contributed by atoms with Crippen molar-refractivity contribution in [2.75, 3.05) is 0 Å². The maximum atomic E-state index is 11.5. The van der Waals surface area contributed by atoms with Crippen LogP contribution in [0.25, 0.3) is 0 Å². The average molecular weight is 179 g/mol. The Morgan fingerprint density at radius 1 is 1.54 bits per heavy atom. The molecule has 0 atom stereocenters. The lowest BCUT2D eigenvalue weighted by Gasteiger charge is -2.03. The van der Waals surface area contributed by atoms with E-state index in [9.17, 15) is 4.79 Å². The molecule has 0 saturated carbocycles. The fourth-order valence-corrected chi connectivity index (χ4v) is 1.16. The van der Waals surface area contributed by atoms with Gasteiger partial charge in [-0.2, -0.15) is 5.26 Å². The van der Waals surface area contributed by atoms with Crippen LogP contribution in [-0.2, 0) is 6.54 Å². The van der Waals surface area contributed by atoms with Gasteiger partial charge in [0.2, 0.25) is 0 Å². The Labute approximate surface area is 77.0 Å². The lowest BCUT2D eigenvalue weighted by molar-refractivity contribution is 0.553. The molecule has 0 aromatic carbocycles. The normalized spacial score (nSPS) is 10.3. The van der Waals surface area contributed by atoms with Crippen LogP contribution in [-0.4, -0.2) is 9.13 Å². The summed E-state index contributed by atoms with van der Waals surface area (Å²) in [6, 6.07) is 2.19. The number of aryl methyl sites for hydroxylation is 1. The molecular weight excluding hydrogens is 166 g/mol. The van der Waals surface area contributed by atoms with E-state index in [1.165, 1.54) is 0 Å². The molecular formula is C9H13N3O. The van der Waals surface area contributed by atoms with E-state index in [2.05, 4.69) is 0 Å². The minimum absolute atomic E-state index is 0.0368. The highest BCUT2D eigenvalue weighted by atomic mass is 16.1. The summed E-state index contributed by atoms with van der Waals surface area (Å²) in [5.74, 6) is 0. The molecule has 0 amide bonds. The van der Waals surface area contributed by atoms with Gasteiger partial charge in [-0.1, -0.05) is 0 Å². The number of nitriles is 1. The van der Waals surface area contributed by atoms with Gasteiger partial charge in [0.05, 0.1) is 12.5 Å². The van der Waals surface area contributed by atoms with Gasteiger partial charge in [0.15, 0.2) is 0 Å². The summed E-state index contributed by atoms with van der Waals surface area (Å²) in [7, 11) is 0. The van der Waals surface area contributed by atoms with Gasteiger partial charge < -0.3 is 0 Å². The van der Waals surface area contributed by atoms with E-state index in [0.29, 0.717) is 13.0 Å². The van der Waals surface area contributed by atoms with E-state index in [4.69, 9.17) is 5.26 Å². The second kappa shape index (κ2) is 3.94. The Morgan fingerprint density at radius 3 is 2.69 bits per heavy atom. The smallest absolute Gasteiger partial charge is 0.298 e. The summed E-state index contributed by atoms with van der Waals surface area (Å²) in [5.41, 5.74) is -0.0368. The van der Waals surface area contributed by atoms with Crippen LogP contribution in [0.15, 0.2) is 17.2 Å². The van der Waals surface area contributed by atoms with Crippen LogP contribution in [0.4, 0.5) is 0 Å². The van der Waals surface area contributed by atoms with Gasteiger partial charge in [-0.25, -0.2) is 4.79 Å². The van der Waals surface area contributed by atoms with E-state index in [1.54, 1.807) is 21.5 Å². The number of rotatable bonds is 3. The third-order valence-electron chi connectivity index (χ3n) is 1.89. The van der Waals surface area contributed by atoms with Crippen molar-refractivity contribution >= 4 is 0 Å². The highest BCUT2D eigenvalue weighted by Crippen LogP contribution is 1.99. The molecule has 0 aliphatic carbocycles. The van der Waals surface area contributed by atoms with Crippen LogP contribution < -0.4 is 5.69 Å². The summed E-state index contributed by atoms with van der Waals surface area (Å²) in [6.45, 7) is 4.39. The Hall–Kier alpha value is -1.50. The first-order valence-corrected chi connectivity index (χ1v) is 4.31. The Balaban J connectivity index is 2.88. The molecule has 0 radical (unpaired) electrons. The van der Waals surface area contributed by atoms with Gasteiger partial charge in [-0.3, -0.25) is 9.13 Å². The molecule has 1 heterocycles. The van der Waals surface area contributed by atoms with Crippen LogP contribution in [0.1, 0.15) is 26.3 Å². The van der Waals surface area contributed by atoms with Crippen molar-refractivity contribution in [3.8, 4) is 6.07 Å². The molecule has 0 bridgehead atoms. The quantitative estimate of drug-likeness (QED) is 0.698. The molecule has 13 heavy (non-hydrogen) atoms. The van der Waals surface area contributed by atoms with Crippen molar-refractivity contribution < 1.29 is 0 Å². The van der Waals surface area contributed by atoms with Crippen molar-refractivity contribution in [2.24, 2.45) is 0 Å². The van der Waals surface area contributed by atoms with E-state index >= 15 is 0 Å². The first kappa shape index (κ1) is 9.59. The lowest BCUT2D eigenvalue weighted by Crippen LogP contribution is -2.25. The highest BCUT2D eigenvalue weighted by Gasteiger charge is 2.04. The fourth-order valence-electron chi connectivity index (χ4n) is 1.16. The van der Waals surface area contributed by atoms with Crippen molar-refractivity contribution in [1.82, 2.24) is 9.13 Å². The molecule has 4 nitrogen and oxygen atoms in total. The van der Waals surface area contributed by atoms with E-state index in [0.717, 1.165) is 0 Å². The van der Waals surface area contributed by atoms with E-state index in [-0.39, 0.29) is 11.7 Å². The van der Waals surface area contributed by atoms with Gasteiger partial charge in [-0.05, 0) is 13.8 Å². The van der Waals surface area contributed by atoms with Gasteiger partial charge >= 0.3 is 5.69 Å². The SMILES string of the molecule is CC(C)n1ccn(CCC#N)c1=O. The molecule has 1 aromatic rings. The first-order chi connectivity index (χ1) is 6.16. The Morgan fingerprint density at radius 2 is 2.23 bits per heavy atom. The highest BCUT2D eigenvalue weighted by molar-refractivity contribution is 4.84. The summed E-state index contributed by atoms with van der Waals surface area (Å²) in [6.07, 6.45) is 3.85. The largest absolute Gasteiger partial charge is 0.328 e. The molecule has 0 N–H and O–H groups in total. The molecule has 0 aliphatic rings. The first-order valence-electron chi connectivity index (χ1n) is 4.31. The van der Waals surface area contributed by atoms with Crippen LogP contribution in [0.2, 0.25) is 0 Å². The molecule has 0 spiro atoms. The predicted octanol–water partition coefficient (Wildman–Crippen LogP) is 1.14. The van der Waals surface area contributed by atoms with Crippen LogP contribution in [0, 0.1) is 11.3 Å². The summed E-state index contributed by atoms with van der Waals surface area (Å²) < 4.78 is 3.21. The summed E-state index contributed by atoms with van der Waals surface area (Å²) in [5, 5.41) is 8.36. The number of hydrogen-bond donors (Lipinski definition) is 0. The zero-order valence-corrected chi connectivity index (χ0v) is 7.90. The molecule has 0 aliphatic heterocycles. The van der Waals surface area contributed by atoms with Crippen LogP contribution >= 0.6 is 0 Å². The molecule has 0 fully saturated rings. The van der Waals surface area contributed by atoms with Gasteiger partial charge in [0.25, 0.3) is 0 Å². The molecule has 1 aromatic heterocycles. The van der Waals surface area contributed by atoms with Crippen LogP contribution in [0.3, 0.4) is 0 Å². The maximum absolute atomic E-state index is 11.5. The van der Waals surface area contributed by atoms with Crippen molar-refractivity contribution in [3.63, 3.8) is 0 Å². The average Bonchev–Trinajstić information content (AvgIpc) is 2.43. The molecule has 1 rings (SSSR count). The third kappa shape index (κ3) is 2.00. The number of nitrogens with zero attached hydrogens (tertiary/aromatic N) is 3. The predicted molar refractivity (Wildman–Crippen MR) is 49.3 cm³/mol. The second-order valence-electron chi connectivity index (χ2n) is 3.18. The van der Waals surface area contributed by atoms with Crippen molar-refractivity contribution in [1.29, 1.82) is 5.26 Å². The van der Waals surface area contributed by atoms with Crippen molar-refractivity contribution in [3.05, 3.63) is 22.9 Å².